The Labute approximate surface area is 150 Å². The molecule has 138 valence electrons. The molecule has 2 atom stereocenters. The molecule has 0 aromatic heterocycles. The fourth-order valence-electron chi connectivity index (χ4n) is 2.18. The number of carbonyl (C=O) groups excluding carboxylic acids is 2. The molecular weight excluding hydrogens is 338 g/mol. The van der Waals surface area contributed by atoms with E-state index in [9.17, 15) is 14.7 Å². The molecule has 26 heavy (non-hydrogen) atoms. The van der Waals surface area contributed by atoms with Crippen LogP contribution in [-0.4, -0.2) is 34.3 Å². The lowest BCUT2D eigenvalue weighted by Crippen LogP contribution is -2.51. The van der Waals surface area contributed by atoms with Crippen LogP contribution in [0.4, 0.5) is 5.69 Å². The number of rotatable bonds is 7. The Hall–Kier alpha value is -3.10. The van der Waals surface area contributed by atoms with Gasteiger partial charge in [-0.3, -0.25) is 14.8 Å². The molecule has 0 spiro atoms. The number of hydrogen-bond donors (Lipinski definition) is 5. The van der Waals surface area contributed by atoms with Crippen LogP contribution < -0.4 is 21.3 Å². The Morgan fingerprint density at radius 3 is 2.27 bits per heavy atom. The largest absolute Gasteiger partial charge is 0.489 e. The van der Waals surface area contributed by atoms with Gasteiger partial charge in [-0.25, -0.2) is 5.48 Å². The summed E-state index contributed by atoms with van der Waals surface area (Å²) in [4.78, 5) is 23.6. The van der Waals surface area contributed by atoms with E-state index in [2.05, 4.69) is 5.32 Å². The number of benzene rings is 2. The average molecular weight is 359 g/mol. The smallest absolute Gasteiger partial charge is 0.268 e. The predicted octanol–water partition coefficient (Wildman–Crippen LogP) is 0.832. The van der Waals surface area contributed by atoms with E-state index in [4.69, 9.17) is 15.7 Å². The minimum atomic E-state index is -1.27. The molecule has 0 bridgehead atoms. The van der Waals surface area contributed by atoms with Crippen LogP contribution in [-0.2, 0) is 11.4 Å². The Bertz CT molecular complexity index is 744. The van der Waals surface area contributed by atoms with Crippen molar-refractivity contribution in [1.82, 2.24) is 10.8 Å². The normalized spacial score (nSPS) is 12.7. The monoisotopic (exact) mass is 359 g/mol. The number of nitrogens with two attached hydrogens (primary N) is 1. The van der Waals surface area contributed by atoms with Gasteiger partial charge in [-0.1, -0.05) is 12.1 Å². The van der Waals surface area contributed by atoms with Crippen molar-refractivity contribution in [2.75, 3.05) is 5.73 Å². The maximum atomic E-state index is 12.2. The Balaban J connectivity index is 1.96. The summed E-state index contributed by atoms with van der Waals surface area (Å²) >= 11 is 0. The zero-order chi connectivity index (χ0) is 19.1. The van der Waals surface area contributed by atoms with Gasteiger partial charge in [0.25, 0.3) is 11.8 Å². The minimum absolute atomic E-state index is 0.279. The van der Waals surface area contributed by atoms with E-state index in [0.717, 1.165) is 5.56 Å². The third kappa shape index (κ3) is 5.20. The molecule has 2 rings (SSSR count). The van der Waals surface area contributed by atoms with Gasteiger partial charge in [-0.05, 0) is 48.9 Å². The summed E-state index contributed by atoms with van der Waals surface area (Å²) in [6, 6.07) is 12.3. The predicted molar refractivity (Wildman–Crippen MR) is 94.5 cm³/mol. The molecule has 8 nitrogen and oxygen atoms in total. The molecule has 0 saturated carbocycles. The summed E-state index contributed by atoms with van der Waals surface area (Å²) in [5.74, 6) is -0.903. The van der Waals surface area contributed by atoms with Crippen molar-refractivity contribution in [2.45, 2.75) is 25.7 Å². The summed E-state index contributed by atoms with van der Waals surface area (Å²) in [6.45, 7) is 1.68. The lowest BCUT2D eigenvalue weighted by Gasteiger charge is -2.19. The Kier molecular flexibility index (Phi) is 6.54. The van der Waals surface area contributed by atoms with Crippen molar-refractivity contribution >= 4 is 17.5 Å². The van der Waals surface area contributed by atoms with Gasteiger partial charge in [0.05, 0.1) is 6.10 Å². The molecule has 0 fully saturated rings. The molecule has 8 heteroatoms. The van der Waals surface area contributed by atoms with Crippen LogP contribution in [0.25, 0.3) is 0 Å². The molecule has 0 aliphatic heterocycles. The number of amides is 2. The highest BCUT2D eigenvalue weighted by molar-refractivity contribution is 5.97. The maximum Gasteiger partial charge on any atom is 0.268 e. The zero-order valence-corrected chi connectivity index (χ0v) is 14.2. The number of nitrogen functional groups attached to an aromatic ring is 1. The van der Waals surface area contributed by atoms with E-state index in [1.165, 1.54) is 24.5 Å². The number of carbonyl (C=O) groups is 2. The number of aliphatic hydroxyl groups excluding tert-OH is 1. The zero-order valence-electron chi connectivity index (χ0n) is 14.2. The van der Waals surface area contributed by atoms with Crippen molar-refractivity contribution in [3.05, 3.63) is 59.7 Å². The summed E-state index contributed by atoms with van der Waals surface area (Å²) in [5.41, 5.74) is 8.94. The van der Waals surface area contributed by atoms with Gasteiger partial charge in [-0.2, -0.15) is 0 Å². The van der Waals surface area contributed by atoms with Crippen LogP contribution in [0.1, 0.15) is 22.8 Å². The molecule has 2 aromatic carbocycles. The molecule has 2 aromatic rings. The number of hydrogen-bond acceptors (Lipinski definition) is 6. The fourth-order valence-corrected chi connectivity index (χ4v) is 2.18. The van der Waals surface area contributed by atoms with Crippen LogP contribution in [0.15, 0.2) is 48.5 Å². The van der Waals surface area contributed by atoms with Crippen molar-refractivity contribution in [3.8, 4) is 5.75 Å². The Morgan fingerprint density at radius 2 is 1.73 bits per heavy atom. The molecule has 0 aliphatic carbocycles. The quantitative estimate of drug-likeness (QED) is 0.282. The topological polar surface area (TPSA) is 134 Å². The Morgan fingerprint density at radius 1 is 1.12 bits per heavy atom. The van der Waals surface area contributed by atoms with Crippen LogP contribution in [0.2, 0.25) is 0 Å². The first-order valence-electron chi connectivity index (χ1n) is 7.91. The van der Waals surface area contributed by atoms with Gasteiger partial charge >= 0.3 is 0 Å². The van der Waals surface area contributed by atoms with E-state index in [1.54, 1.807) is 24.3 Å². The number of anilines is 1. The summed E-state index contributed by atoms with van der Waals surface area (Å²) in [7, 11) is 0. The molecule has 0 unspecified atom stereocenters. The maximum absolute atomic E-state index is 12.2. The molecule has 2 amide bonds. The average Bonchev–Trinajstić information content (AvgIpc) is 2.65. The molecule has 0 aliphatic rings. The van der Waals surface area contributed by atoms with Gasteiger partial charge in [0, 0.05) is 11.3 Å². The molecular formula is C18H21N3O5. The van der Waals surface area contributed by atoms with E-state index in [-0.39, 0.29) is 5.56 Å². The fraction of sp³-hybridized carbons (Fsp3) is 0.222. The lowest BCUT2D eigenvalue weighted by molar-refractivity contribution is -0.133. The molecule has 0 radical (unpaired) electrons. The first-order valence-corrected chi connectivity index (χ1v) is 7.91. The SMILES string of the molecule is C[C@@H](O)[C@H](NC(=O)c1ccc(OCc2ccc(N)cc2)cc1)C(=O)NO. The first-order chi connectivity index (χ1) is 12.4. The van der Waals surface area contributed by atoms with Gasteiger partial charge in [0.1, 0.15) is 18.4 Å². The van der Waals surface area contributed by atoms with E-state index in [1.807, 2.05) is 12.1 Å². The van der Waals surface area contributed by atoms with Crippen molar-refractivity contribution < 1.29 is 24.6 Å². The van der Waals surface area contributed by atoms with E-state index < -0.39 is 24.0 Å². The van der Waals surface area contributed by atoms with E-state index >= 15 is 0 Å². The van der Waals surface area contributed by atoms with Crippen LogP contribution in [0.3, 0.4) is 0 Å². The number of aliphatic hydroxyl groups is 1. The van der Waals surface area contributed by atoms with E-state index in [0.29, 0.717) is 18.0 Å². The van der Waals surface area contributed by atoms with Crippen LogP contribution in [0.5, 0.6) is 5.75 Å². The standard InChI is InChI=1S/C18H21N3O5/c1-11(22)16(18(24)21-25)20-17(23)13-4-8-15(9-5-13)26-10-12-2-6-14(19)7-3-12/h2-9,11,16,22,25H,10,19H2,1H3,(H,20,23)(H,21,24)/t11-,16+/m1/s1. The second kappa shape index (κ2) is 8.84. The third-order valence-corrected chi connectivity index (χ3v) is 3.66. The summed E-state index contributed by atoms with van der Waals surface area (Å²) < 4.78 is 5.63. The minimum Gasteiger partial charge on any atom is -0.489 e. The van der Waals surface area contributed by atoms with Crippen LogP contribution in [0, 0.1) is 0 Å². The number of hydroxylamine groups is 1. The summed E-state index contributed by atoms with van der Waals surface area (Å²) in [5, 5.41) is 20.5. The van der Waals surface area contributed by atoms with Gasteiger partial charge in [0.2, 0.25) is 0 Å². The molecule has 6 N–H and O–H groups in total. The highest BCUT2D eigenvalue weighted by Gasteiger charge is 2.25. The number of ether oxygens (including phenoxy) is 1. The first kappa shape index (κ1) is 19.2. The van der Waals surface area contributed by atoms with Gasteiger partial charge in [0.15, 0.2) is 0 Å². The van der Waals surface area contributed by atoms with Crippen LogP contribution >= 0.6 is 0 Å². The van der Waals surface area contributed by atoms with Crippen molar-refractivity contribution in [1.29, 1.82) is 0 Å². The van der Waals surface area contributed by atoms with Gasteiger partial charge < -0.3 is 20.9 Å². The summed E-state index contributed by atoms with van der Waals surface area (Å²) in [6.07, 6.45) is -1.17. The lowest BCUT2D eigenvalue weighted by atomic mass is 10.1. The second-order valence-electron chi connectivity index (χ2n) is 5.72. The molecule has 0 heterocycles. The highest BCUT2D eigenvalue weighted by Crippen LogP contribution is 2.15. The number of nitrogens with one attached hydrogen (secondary N) is 2. The van der Waals surface area contributed by atoms with Crippen molar-refractivity contribution in [2.24, 2.45) is 0 Å². The van der Waals surface area contributed by atoms with Crippen molar-refractivity contribution in [3.63, 3.8) is 0 Å². The van der Waals surface area contributed by atoms with Gasteiger partial charge in [-0.15, -0.1) is 0 Å². The molecule has 0 saturated heterocycles. The highest BCUT2D eigenvalue weighted by atomic mass is 16.5. The third-order valence-electron chi connectivity index (χ3n) is 3.66. The second-order valence-corrected chi connectivity index (χ2v) is 5.72.